The first-order valence-corrected chi connectivity index (χ1v) is 9.49. The molecule has 0 atom stereocenters. The van der Waals surface area contributed by atoms with Gasteiger partial charge in [-0.05, 0) is 42.8 Å². The van der Waals surface area contributed by atoms with Crippen molar-refractivity contribution in [2.45, 2.75) is 32.7 Å². The zero-order valence-electron chi connectivity index (χ0n) is 14.4. The Kier molecular flexibility index (Phi) is 6.01. The van der Waals surface area contributed by atoms with E-state index in [1.807, 2.05) is 35.9 Å². The molecule has 0 radical (unpaired) electrons. The summed E-state index contributed by atoms with van der Waals surface area (Å²) in [6, 6.07) is 16.5. The third kappa shape index (κ3) is 5.03. The highest BCUT2D eigenvalue weighted by molar-refractivity contribution is 7.13. The van der Waals surface area contributed by atoms with Crippen LogP contribution < -0.4 is 5.32 Å². The van der Waals surface area contributed by atoms with E-state index in [4.69, 9.17) is 0 Å². The molecule has 0 aliphatic carbocycles. The van der Waals surface area contributed by atoms with Crippen molar-refractivity contribution in [1.29, 1.82) is 0 Å². The highest BCUT2D eigenvalue weighted by Gasteiger charge is 2.08. The zero-order valence-corrected chi connectivity index (χ0v) is 15.3. The minimum Gasteiger partial charge on any atom is -0.354 e. The van der Waals surface area contributed by atoms with E-state index in [0.717, 1.165) is 24.2 Å². The fourth-order valence-electron chi connectivity index (χ4n) is 2.77. The van der Waals surface area contributed by atoms with E-state index in [0.29, 0.717) is 19.5 Å². The number of carbonyl (C=O) groups excluding carboxylic acids is 1. The van der Waals surface area contributed by atoms with Crippen molar-refractivity contribution in [3.8, 4) is 10.6 Å². The molecule has 25 heavy (non-hydrogen) atoms. The molecule has 0 saturated heterocycles. The van der Waals surface area contributed by atoms with Crippen LogP contribution in [0.15, 0.2) is 53.9 Å². The average Bonchev–Trinajstić information content (AvgIpc) is 3.26. The van der Waals surface area contributed by atoms with Gasteiger partial charge in [0.1, 0.15) is 5.69 Å². The summed E-state index contributed by atoms with van der Waals surface area (Å²) < 4.78 is 1.96. The lowest BCUT2D eigenvalue weighted by atomic mass is 10.1. The Morgan fingerprint density at radius 2 is 2.04 bits per heavy atom. The number of thiophene rings is 1. The van der Waals surface area contributed by atoms with E-state index < -0.39 is 0 Å². The normalized spacial score (nSPS) is 10.8. The van der Waals surface area contributed by atoms with Crippen LogP contribution in [-0.2, 0) is 17.8 Å². The van der Waals surface area contributed by atoms with Gasteiger partial charge in [0.05, 0.1) is 11.4 Å². The molecule has 5 heteroatoms. The highest BCUT2D eigenvalue weighted by Crippen LogP contribution is 2.23. The number of hydrogen-bond acceptors (Lipinski definition) is 3. The Bertz CT molecular complexity index is 794. The molecule has 0 spiro atoms. The van der Waals surface area contributed by atoms with Crippen LogP contribution in [0.3, 0.4) is 0 Å². The third-order valence-electron chi connectivity index (χ3n) is 4.11. The van der Waals surface area contributed by atoms with E-state index >= 15 is 0 Å². The molecule has 3 aromatic rings. The quantitative estimate of drug-likeness (QED) is 0.664. The molecule has 130 valence electrons. The molecule has 1 aromatic carbocycles. The number of aryl methyl sites for hydroxylation is 2. The number of carbonyl (C=O) groups is 1. The SMILES string of the molecule is Cc1cc(-c2cccs2)nn1CCNC(=O)CCCc1ccccc1. The summed E-state index contributed by atoms with van der Waals surface area (Å²) >= 11 is 1.69. The lowest BCUT2D eigenvalue weighted by Crippen LogP contribution is -2.27. The van der Waals surface area contributed by atoms with Crippen LogP contribution in [0.2, 0.25) is 0 Å². The van der Waals surface area contributed by atoms with Gasteiger partial charge >= 0.3 is 0 Å². The summed E-state index contributed by atoms with van der Waals surface area (Å²) in [5.74, 6) is 0.110. The van der Waals surface area contributed by atoms with Gasteiger partial charge in [0.2, 0.25) is 5.91 Å². The van der Waals surface area contributed by atoms with E-state index in [1.54, 1.807) is 11.3 Å². The van der Waals surface area contributed by atoms with Crippen molar-refractivity contribution in [1.82, 2.24) is 15.1 Å². The molecule has 2 heterocycles. The summed E-state index contributed by atoms with van der Waals surface area (Å²) in [6.45, 7) is 3.35. The predicted molar refractivity (Wildman–Crippen MR) is 103 cm³/mol. The van der Waals surface area contributed by atoms with Gasteiger partial charge in [0, 0.05) is 18.7 Å². The maximum Gasteiger partial charge on any atom is 0.220 e. The van der Waals surface area contributed by atoms with Gasteiger partial charge in [-0.25, -0.2) is 0 Å². The molecule has 0 bridgehead atoms. The number of nitrogens with one attached hydrogen (secondary N) is 1. The summed E-state index contributed by atoms with van der Waals surface area (Å²) in [5, 5.41) is 9.67. The molecule has 1 amide bonds. The Balaban J connectivity index is 1.40. The largest absolute Gasteiger partial charge is 0.354 e. The molecule has 0 aliphatic heterocycles. The second kappa shape index (κ2) is 8.62. The number of rotatable bonds is 8. The number of hydrogen-bond donors (Lipinski definition) is 1. The number of benzene rings is 1. The van der Waals surface area contributed by atoms with Crippen molar-refractivity contribution in [3.05, 3.63) is 65.2 Å². The van der Waals surface area contributed by atoms with Crippen LogP contribution in [0.5, 0.6) is 0 Å². The first kappa shape index (κ1) is 17.4. The Hall–Kier alpha value is -2.40. The molecule has 0 unspecified atom stereocenters. The van der Waals surface area contributed by atoms with E-state index in [-0.39, 0.29) is 5.91 Å². The summed E-state index contributed by atoms with van der Waals surface area (Å²) in [6.07, 6.45) is 2.38. The number of nitrogens with zero attached hydrogens (tertiary/aromatic N) is 2. The van der Waals surface area contributed by atoms with Crippen molar-refractivity contribution >= 4 is 17.2 Å². The van der Waals surface area contributed by atoms with Crippen LogP contribution in [0.25, 0.3) is 10.6 Å². The highest BCUT2D eigenvalue weighted by atomic mass is 32.1. The average molecular weight is 353 g/mol. The lowest BCUT2D eigenvalue weighted by molar-refractivity contribution is -0.121. The van der Waals surface area contributed by atoms with Gasteiger partial charge in [-0.2, -0.15) is 5.10 Å². The lowest BCUT2D eigenvalue weighted by Gasteiger charge is -2.07. The molecule has 4 nitrogen and oxygen atoms in total. The summed E-state index contributed by atoms with van der Waals surface area (Å²) in [4.78, 5) is 13.1. The molecular weight excluding hydrogens is 330 g/mol. The molecule has 2 aromatic heterocycles. The molecule has 0 fully saturated rings. The van der Waals surface area contributed by atoms with Crippen molar-refractivity contribution in [3.63, 3.8) is 0 Å². The van der Waals surface area contributed by atoms with Crippen molar-refractivity contribution in [2.75, 3.05) is 6.54 Å². The molecule has 0 aliphatic rings. The summed E-state index contributed by atoms with van der Waals surface area (Å²) in [7, 11) is 0. The predicted octanol–water partition coefficient (Wildman–Crippen LogP) is 4.06. The van der Waals surface area contributed by atoms with Crippen molar-refractivity contribution < 1.29 is 4.79 Å². The van der Waals surface area contributed by atoms with E-state index in [9.17, 15) is 4.79 Å². The Morgan fingerprint density at radius 3 is 2.80 bits per heavy atom. The molecule has 1 N–H and O–H groups in total. The van der Waals surface area contributed by atoms with Gasteiger partial charge < -0.3 is 5.32 Å². The first-order chi connectivity index (χ1) is 12.2. The maximum absolute atomic E-state index is 12.0. The first-order valence-electron chi connectivity index (χ1n) is 8.61. The van der Waals surface area contributed by atoms with E-state index in [2.05, 4.69) is 40.1 Å². The van der Waals surface area contributed by atoms with Crippen molar-refractivity contribution in [2.24, 2.45) is 0 Å². The second-order valence-electron chi connectivity index (χ2n) is 6.06. The van der Waals surface area contributed by atoms with Gasteiger partial charge in [0.25, 0.3) is 0 Å². The molecule has 3 rings (SSSR count). The minimum absolute atomic E-state index is 0.110. The monoisotopic (exact) mass is 353 g/mol. The maximum atomic E-state index is 12.0. The number of amides is 1. The van der Waals surface area contributed by atoms with Crippen LogP contribution in [0.1, 0.15) is 24.1 Å². The van der Waals surface area contributed by atoms with E-state index in [1.165, 1.54) is 10.4 Å². The fraction of sp³-hybridized carbons (Fsp3) is 0.300. The second-order valence-corrected chi connectivity index (χ2v) is 7.01. The third-order valence-corrected chi connectivity index (χ3v) is 5.01. The van der Waals surface area contributed by atoms with Crippen LogP contribution in [0, 0.1) is 6.92 Å². The topological polar surface area (TPSA) is 46.9 Å². The Labute approximate surface area is 152 Å². The smallest absolute Gasteiger partial charge is 0.220 e. The molecular formula is C20H23N3OS. The number of aromatic nitrogens is 2. The van der Waals surface area contributed by atoms with Crippen LogP contribution >= 0.6 is 11.3 Å². The van der Waals surface area contributed by atoms with Gasteiger partial charge in [0.15, 0.2) is 0 Å². The van der Waals surface area contributed by atoms with Crippen LogP contribution in [-0.4, -0.2) is 22.2 Å². The van der Waals surface area contributed by atoms with Gasteiger partial charge in [-0.3, -0.25) is 9.48 Å². The van der Waals surface area contributed by atoms with Crippen LogP contribution in [0.4, 0.5) is 0 Å². The minimum atomic E-state index is 0.110. The Morgan fingerprint density at radius 1 is 1.20 bits per heavy atom. The fourth-order valence-corrected chi connectivity index (χ4v) is 3.45. The standard InChI is InChI=1S/C20H23N3OS/c1-16-15-18(19-10-6-14-25-19)22-23(16)13-12-21-20(24)11-5-9-17-7-3-2-4-8-17/h2-4,6-8,10,14-15H,5,9,11-13H2,1H3,(H,21,24). The van der Waals surface area contributed by atoms with Gasteiger partial charge in [-0.1, -0.05) is 36.4 Å². The summed E-state index contributed by atoms with van der Waals surface area (Å²) in [5.41, 5.74) is 3.40. The molecule has 0 saturated carbocycles. The zero-order chi connectivity index (χ0) is 17.5. The van der Waals surface area contributed by atoms with Gasteiger partial charge in [-0.15, -0.1) is 11.3 Å².